The molecule has 0 spiro atoms. The summed E-state index contributed by atoms with van der Waals surface area (Å²) in [7, 11) is 0. The molecule has 0 saturated carbocycles. The van der Waals surface area contributed by atoms with Crippen LogP contribution in [0.2, 0.25) is 0 Å². The van der Waals surface area contributed by atoms with Crippen LogP contribution in [0.15, 0.2) is 134 Å². The maximum absolute atomic E-state index is 4.18. The summed E-state index contributed by atoms with van der Waals surface area (Å²) in [6.07, 6.45) is 20.1. The zero-order valence-electron chi connectivity index (χ0n) is 19.5. The van der Waals surface area contributed by atoms with Crippen LogP contribution in [0.1, 0.15) is 40.0 Å². The molecule has 0 fully saturated rings. The average Bonchev–Trinajstić information content (AvgIpc) is 2.77. The Morgan fingerprint density at radius 1 is 0.767 bits per heavy atom. The van der Waals surface area contributed by atoms with Crippen LogP contribution in [0.3, 0.4) is 0 Å². The van der Waals surface area contributed by atoms with Crippen LogP contribution in [0, 0.1) is 0 Å². The third-order valence-electron chi connectivity index (χ3n) is 4.04. The molecule has 0 rings (SSSR count). The van der Waals surface area contributed by atoms with Gasteiger partial charge in [0.2, 0.25) is 0 Å². The van der Waals surface area contributed by atoms with Gasteiger partial charge >= 0.3 is 0 Å². The maximum atomic E-state index is 4.18. The smallest absolute Gasteiger partial charge is 0.0339 e. The number of rotatable bonds is 15. The zero-order chi connectivity index (χ0) is 23.4. The third kappa shape index (κ3) is 14.0. The Morgan fingerprint density at radius 2 is 1.33 bits per heavy atom. The summed E-state index contributed by atoms with van der Waals surface area (Å²) < 4.78 is 0. The van der Waals surface area contributed by atoms with Crippen LogP contribution in [0.5, 0.6) is 0 Å². The first-order valence-corrected chi connectivity index (χ1v) is 10.4. The fraction of sp³-hybridized carbons (Fsp3) is 0.241. The van der Waals surface area contributed by atoms with E-state index < -0.39 is 0 Å². The minimum Gasteiger partial charge on any atom is -0.382 e. The molecule has 162 valence electrons. The van der Waals surface area contributed by atoms with E-state index in [0.29, 0.717) is 6.54 Å². The lowest BCUT2D eigenvalue weighted by atomic mass is 9.99. The fourth-order valence-electron chi connectivity index (χ4n) is 2.35. The molecule has 0 aromatic carbocycles. The highest BCUT2D eigenvalue weighted by Crippen LogP contribution is 2.19. The Morgan fingerprint density at radius 3 is 1.80 bits per heavy atom. The molecule has 0 saturated heterocycles. The van der Waals surface area contributed by atoms with Crippen LogP contribution >= 0.6 is 0 Å². The van der Waals surface area contributed by atoms with Crippen molar-refractivity contribution in [3.8, 4) is 0 Å². The molecule has 0 aliphatic heterocycles. The monoisotopic (exact) mass is 403 g/mol. The summed E-state index contributed by atoms with van der Waals surface area (Å²) in [5.41, 5.74) is 6.04. The van der Waals surface area contributed by atoms with Crippen molar-refractivity contribution in [3.63, 3.8) is 0 Å². The molecule has 0 atom stereocenters. The Balaban J connectivity index is 0. The second kappa shape index (κ2) is 19.3. The molecule has 0 aliphatic carbocycles. The minimum absolute atomic E-state index is 0.641. The number of hydrogen-bond donors (Lipinski definition) is 1. The van der Waals surface area contributed by atoms with E-state index in [4.69, 9.17) is 0 Å². The summed E-state index contributed by atoms with van der Waals surface area (Å²) in [5, 5.41) is 3.16. The van der Waals surface area contributed by atoms with E-state index in [1.165, 1.54) is 5.57 Å². The first-order chi connectivity index (χ1) is 14.4. The van der Waals surface area contributed by atoms with Crippen LogP contribution < -0.4 is 5.32 Å². The molecule has 30 heavy (non-hydrogen) atoms. The van der Waals surface area contributed by atoms with E-state index >= 15 is 0 Å². The molecule has 0 amide bonds. The lowest BCUT2D eigenvalue weighted by Crippen LogP contribution is -2.10. The highest BCUT2D eigenvalue weighted by atomic mass is 14.9. The first kappa shape index (κ1) is 29.1. The van der Waals surface area contributed by atoms with Gasteiger partial charge in [-0.05, 0) is 49.0 Å². The van der Waals surface area contributed by atoms with E-state index in [1.54, 1.807) is 6.08 Å². The van der Waals surface area contributed by atoms with Gasteiger partial charge in [0.1, 0.15) is 0 Å². The van der Waals surface area contributed by atoms with Gasteiger partial charge in [0.05, 0.1) is 0 Å². The summed E-state index contributed by atoms with van der Waals surface area (Å²) >= 11 is 0. The van der Waals surface area contributed by atoms with Gasteiger partial charge in [-0.15, -0.1) is 0 Å². The normalized spacial score (nSPS) is 11.8. The summed E-state index contributed by atoms with van der Waals surface area (Å²) in [6, 6.07) is 0. The van der Waals surface area contributed by atoms with Crippen molar-refractivity contribution < 1.29 is 0 Å². The van der Waals surface area contributed by atoms with E-state index in [2.05, 4.69) is 63.5 Å². The van der Waals surface area contributed by atoms with Gasteiger partial charge in [0.15, 0.2) is 0 Å². The van der Waals surface area contributed by atoms with E-state index in [1.807, 2.05) is 57.2 Å². The molecule has 1 heteroatoms. The first-order valence-electron chi connectivity index (χ1n) is 10.4. The van der Waals surface area contributed by atoms with E-state index in [-0.39, 0.29) is 0 Å². The predicted molar refractivity (Wildman–Crippen MR) is 140 cm³/mol. The van der Waals surface area contributed by atoms with Crippen LogP contribution in [0.25, 0.3) is 0 Å². The van der Waals surface area contributed by atoms with Crippen molar-refractivity contribution in [1.29, 1.82) is 0 Å². The molecule has 0 bridgehead atoms. The highest BCUT2D eigenvalue weighted by Gasteiger charge is 2.01. The van der Waals surface area contributed by atoms with Crippen LogP contribution in [0.4, 0.5) is 0 Å². The summed E-state index contributed by atoms with van der Waals surface area (Å²) in [6.45, 7) is 34.2. The van der Waals surface area contributed by atoms with Gasteiger partial charge in [-0.3, -0.25) is 0 Å². The molecule has 0 aliphatic rings. The van der Waals surface area contributed by atoms with Gasteiger partial charge < -0.3 is 5.32 Å². The van der Waals surface area contributed by atoms with E-state index in [0.717, 1.165) is 47.3 Å². The second-order valence-electron chi connectivity index (χ2n) is 6.29. The molecule has 0 radical (unpaired) electrons. The molecule has 0 aromatic heterocycles. The Kier molecular flexibility index (Phi) is 18.7. The molecule has 1 N–H and O–H groups in total. The van der Waals surface area contributed by atoms with Gasteiger partial charge in [-0.2, -0.15) is 0 Å². The van der Waals surface area contributed by atoms with Crippen molar-refractivity contribution in [2.45, 2.75) is 40.0 Å². The SMILES string of the molecule is C=CC(=C)NC/C=C(C=C)\C(C=C)=C/C(=C)CCC(=C)/C=C(/C=C)C/C=C\C.CC. The van der Waals surface area contributed by atoms with Crippen molar-refractivity contribution in [2.75, 3.05) is 6.54 Å². The van der Waals surface area contributed by atoms with Crippen LogP contribution in [-0.4, -0.2) is 6.54 Å². The molecular formula is C29H41N. The van der Waals surface area contributed by atoms with Gasteiger partial charge in [0.25, 0.3) is 0 Å². The quantitative estimate of drug-likeness (QED) is 0.213. The Hall–Kier alpha value is -3.06. The van der Waals surface area contributed by atoms with Crippen molar-refractivity contribution in [2.24, 2.45) is 0 Å². The third-order valence-corrected chi connectivity index (χ3v) is 4.04. The number of nitrogens with one attached hydrogen (secondary N) is 1. The molecule has 0 heterocycles. The largest absolute Gasteiger partial charge is 0.382 e. The molecule has 0 unspecified atom stereocenters. The standard InChI is InChI=1S/C27H35N.C2H6/c1-9-14-15-25(11-3)20-22(6)16-17-23(7)21-27(13-5)26(12-4)18-19-28-24(8)10-2;1-2/h9-14,18,20-21,28H,2-8,15-17,19H2,1H3;1-2H3/b14-9-,25-20-,26-18-,27-21-;. The molecular weight excluding hydrogens is 362 g/mol. The van der Waals surface area contributed by atoms with Gasteiger partial charge in [0, 0.05) is 12.2 Å². The van der Waals surface area contributed by atoms with Crippen molar-refractivity contribution in [3.05, 3.63) is 134 Å². The lowest BCUT2D eigenvalue weighted by molar-refractivity contribution is 0.937. The van der Waals surface area contributed by atoms with Crippen LogP contribution in [-0.2, 0) is 0 Å². The topological polar surface area (TPSA) is 12.0 Å². The predicted octanol–water partition coefficient (Wildman–Crippen LogP) is 8.50. The second-order valence-corrected chi connectivity index (χ2v) is 6.29. The molecule has 1 nitrogen and oxygen atoms in total. The van der Waals surface area contributed by atoms with Crippen molar-refractivity contribution in [1.82, 2.24) is 5.32 Å². The Labute approximate surface area is 186 Å². The molecule has 0 aromatic rings. The average molecular weight is 404 g/mol. The van der Waals surface area contributed by atoms with Gasteiger partial charge in [-0.25, -0.2) is 0 Å². The maximum Gasteiger partial charge on any atom is 0.0339 e. The number of allylic oxidation sites excluding steroid dienone is 13. The summed E-state index contributed by atoms with van der Waals surface area (Å²) in [5.74, 6) is 0. The summed E-state index contributed by atoms with van der Waals surface area (Å²) in [4.78, 5) is 0. The Bertz CT molecular complexity index is 732. The zero-order valence-corrected chi connectivity index (χ0v) is 19.5. The van der Waals surface area contributed by atoms with Crippen molar-refractivity contribution >= 4 is 0 Å². The fourth-order valence-corrected chi connectivity index (χ4v) is 2.35. The number of hydrogen-bond acceptors (Lipinski definition) is 1. The minimum atomic E-state index is 0.641. The van der Waals surface area contributed by atoms with Gasteiger partial charge in [-0.1, -0.05) is 120 Å². The highest BCUT2D eigenvalue weighted by molar-refractivity contribution is 5.48. The van der Waals surface area contributed by atoms with E-state index in [9.17, 15) is 0 Å². The lowest BCUT2D eigenvalue weighted by Gasteiger charge is -2.08.